The van der Waals surface area contributed by atoms with Gasteiger partial charge in [0.1, 0.15) is 0 Å². The van der Waals surface area contributed by atoms with Crippen LogP contribution in [0.25, 0.3) is 0 Å². The van der Waals surface area contributed by atoms with Crippen molar-refractivity contribution in [2.45, 2.75) is 52.0 Å². The van der Waals surface area contributed by atoms with Crippen molar-refractivity contribution in [3.63, 3.8) is 0 Å². The minimum Gasteiger partial charge on any atom is -0.481 e. The van der Waals surface area contributed by atoms with Gasteiger partial charge in [-0.15, -0.1) is 0 Å². The van der Waals surface area contributed by atoms with Crippen molar-refractivity contribution < 1.29 is 19.5 Å². The third-order valence-corrected chi connectivity index (χ3v) is 3.36. The molecular formula is C14H24N2O4. The van der Waals surface area contributed by atoms with Crippen molar-refractivity contribution in [2.24, 2.45) is 11.8 Å². The highest BCUT2D eigenvalue weighted by atomic mass is 16.4. The van der Waals surface area contributed by atoms with Gasteiger partial charge in [0.15, 0.2) is 0 Å². The van der Waals surface area contributed by atoms with Crippen LogP contribution < -0.4 is 10.6 Å². The smallest absolute Gasteiger partial charge is 0.307 e. The Bertz CT molecular complexity index is 387. The number of rotatable bonds is 4. The number of carboxylic acids is 1. The van der Waals surface area contributed by atoms with Crippen LogP contribution in [0.15, 0.2) is 0 Å². The first-order valence-corrected chi connectivity index (χ1v) is 7.02. The van der Waals surface area contributed by atoms with Gasteiger partial charge in [-0.2, -0.15) is 0 Å². The van der Waals surface area contributed by atoms with Crippen molar-refractivity contribution >= 4 is 17.8 Å². The van der Waals surface area contributed by atoms with E-state index in [1.807, 2.05) is 20.8 Å². The molecule has 0 saturated heterocycles. The molecule has 0 aromatic rings. The Morgan fingerprint density at radius 2 is 1.65 bits per heavy atom. The predicted octanol–water partition coefficient (Wildman–Crippen LogP) is 0.908. The average Bonchev–Trinajstić information content (AvgIpc) is 2.33. The summed E-state index contributed by atoms with van der Waals surface area (Å²) in [5.74, 6) is -2.68. The molecule has 0 spiro atoms. The number of carbonyl (C=O) groups is 3. The summed E-state index contributed by atoms with van der Waals surface area (Å²) in [5, 5.41) is 14.4. The lowest BCUT2D eigenvalue weighted by molar-refractivity contribution is -0.149. The first kappa shape index (κ1) is 16.5. The number of hydrogen-bond donors (Lipinski definition) is 3. The molecule has 0 aromatic carbocycles. The molecule has 20 heavy (non-hydrogen) atoms. The molecule has 0 unspecified atom stereocenters. The van der Waals surface area contributed by atoms with Gasteiger partial charge in [-0.05, 0) is 33.6 Å². The molecule has 3 N–H and O–H groups in total. The fourth-order valence-corrected chi connectivity index (χ4v) is 2.50. The van der Waals surface area contributed by atoms with E-state index in [1.165, 1.54) is 0 Å². The molecule has 114 valence electrons. The maximum atomic E-state index is 12.0. The molecule has 1 aliphatic carbocycles. The second-order valence-electron chi connectivity index (χ2n) is 6.35. The predicted molar refractivity (Wildman–Crippen MR) is 74.0 cm³/mol. The number of nitrogens with one attached hydrogen (secondary N) is 2. The lowest BCUT2D eigenvalue weighted by Crippen LogP contribution is -2.48. The van der Waals surface area contributed by atoms with Crippen LogP contribution in [0.1, 0.15) is 46.5 Å². The van der Waals surface area contributed by atoms with Crippen LogP contribution in [0, 0.1) is 11.8 Å². The minimum absolute atomic E-state index is 0.112. The van der Waals surface area contributed by atoms with Gasteiger partial charge in [0.2, 0.25) is 11.8 Å². The maximum Gasteiger partial charge on any atom is 0.307 e. The van der Waals surface area contributed by atoms with Gasteiger partial charge in [-0.3, -0.25) is 14.4 Å². The third kappa shape index (κ3) is 5.19. The first-order valence-electron chi connectivity index (χ1n) is 7.02. The van der Waals surface area contributed by atoms with E-state index in [-0.39, 0.29) is 23.9 Å². The number of carboxylic acid groups (broad SMARTS) is 1. The van der Waals surface area contributed by atoms with Gasteiger partial charge >= 0.3 is 5.97 Å². The van der Waals surface area contributed by atoms with E-state index in [0.717, 1.165) is 12.8 Å². The summed E-state index contributed by atoms with van der Waals surface area (Å²) in [6.45, 7) is 5.45. The summed E-state index contributed by atoms with van der Waals surface area (Å²) in [6.07, 6.45) is 2.80. The number of amides is 2. The van der Waals surface area contributed by atoms with Crippen LogP contribution in [-0.2, 0) is 14.4 Å². The lowest BCUT2D eigenvalue weighted by atomic mass is 9.79. The molecule has 1 saturated carbocycles. The summed E-state index contributed by atoms with van der Waals surface area (Å²) in [4.78, 5) is 34.8. The Balaban J connectivity index is 2.49. The molecule has 0 bridgehead atoms. The zero-order valence-electron chi connectivity index (χ0n) is 12.4. The van der Waals surface area contributed by atoms with Crippen LogP contribution in [0.5, 0.6) is 0 Å². The Morgan fingerprint density at radius 3 is 2.15 bits per heavy atom. The van der Waals surface area contributed by atoms with E-state index >= 15 is 0 Å². The van der Waals surface area contributed by atoms with Gasteiger partial charge < -0.3 is 15.7 Å². The highest BCUT2D eigenvalue weighted by Crippen LogP contribution is 2.30. The molecule has 6 heteroatoms. The number of aliphatic carboxylic acids is 1. The van der Waals surface area contributed by atoms with Crippen molar-refractivity contribution in [3.05, 3.63) is 0 Å². The number of carbonyl (C=O) groups excluding carboxylic acids is 2. The second kappa shape index (κ2) is 6.72. The summed E-state index contributed by atoms with van der Waals surface area (Å²) in [5.41, 5.74) is -0.351. The third-order valence-electron chi connectivity index (χ3n) is 3.36. The van der Waals surface area contributed by atoms with Gasteiger partial charge in [-0.1, -0.05) is 12.8 Å². The zero-order valence-corrected chi connectivity index (χ0v) is 12.4. The van der Waals surface area contributed by atoms with Crippen molar-refractivity contribution in [3.8, 4) is 0 Å². The molecule has 2 amide bonds. The van der Waals surface area contributed by atoms with E-state index in [2.05, 4.69) is 10.6 Å². The van der Waals surface area contributed by atoms with E-state index in [9.17, 15) is 14.4 Å². The highest BCUT2D eigenvalue weighted by Gasteiger charge is 2.35. The molecule has 2 atom stereocenters. The summed E-state index contributed by atoms with van der Waals surface area (Å²) in [7, 11) is 0. The fourth-order valence-electron chi connectivity index (χ4n) is 2.50. The summed E-state index contributed by atoms with van der Waals surface area (Å²) in [6, 6.07) is 0. The summed E-state index contributed by atoms with van der Waals surface area (Å²) >= 11 is 0. The van der Waals surface area contributed by atoms with Gasteiger partial charge in [0.05, 0.1) is 18.4 Å². The van der Waals surface area contributed by atoms with E-state index in [1.54, 1.807) is 0 Å². The highest BCUT2D eigenvalue weighted by molar-refractivity contribution is 5.88. The average molecular weight is 284 g/mol. The Labute approximate surface area is 119 Å². The minimum atomic E-state index is -0.927. The quantitative estimate of drug-likeness (QED) is 0.715. The lowest BCUT2D eigenvalue weighted by Gasteiger charge is -2.27. The maximum absolute atomic E-state index is 12.0. The molecule has 6 nitrogen and oxygen atoms in total. The van der Waals surface area contributed by atoms with E-state index < -0.39 is 17.8 Å². The first-order chi connectivity index (χ1) is 9.20. The second-order valence-corrected chi connectivity index (χ2v) is 6.35. The molecule has 0 aromatic heterocycles. The Kier molecular flexibility index (Phi) is 5.53. The Hall–Kier alpha value is -1.59. The van der Waals surface area contributed by atoms with Crippen molar-refractivity contribution in [1.82, 2.24) is 10.6 Å². The fraction of sp³-hybridized carbons (Fsp3) is 0.786. The summed E-state index contributed by atoms with van der Waals surface area (Å²) < 4.78 is 0. The molecule has 1 fully saturated rings. The Morgan fingerprint density at radius 1 is 1.10 bits per heavy atom. The van der Waals surface area contributed by atoms with Crippen LogP contribution in [-0.4, -0.2) is 35.0 Å². The topological polar surface area (TPSA) is 95.5 Å². The van der Waals surface area contributed by atoms with Crippen LogP contribution >= 0.6 is 0 Å². The van der Waals surface area contributed by atoms with E-state index in [4.69, 9.17) is 5.11 Å². The van der Waals surface area contributed by atoms with Gasteiger partial charge in [0.25, 0.3) is 0 Å². The molecule has 0 aliphatic heterocycles. The molecule has 1 aliphatic rings. The van der Waals surface area contributed by atoms with Gasteiger partial charge in [-0.25, -0.2) is 0 Å². The van der Waals surface area contributed by atoms with Gasteiger partial charge in [0, 0.05) is 5.54 Å². The van der Waals surface area contributed by atoms with Crippen molar-refractivity contribution in [1.29, 1.82) is 0 Å². The molecule has 0 heterocycles. The monoisotopic (exact) mass is 284 g/mol. The SMILES string of the molecule is CC(C)(C)NC(=O)CNC(=O)[C@@H]1CCCC[C@@H]1C(=O)O. The van der Waals surface area contributed by atoms with Crippen LogP contribution in [0.4, 0.5) is 0 Å². The van der Waals surface area contributed by atoms with Crippen LogP contribution in [0.3, 0.4) is 0 Å². The normalized spacial score (nSPS) is 22.9. The molecule has 1 rings (SSSR count). The largest absolute Gasteiger partial charge is 0.481 e. The number of hydrogen-bond acceptors (Lipinski definition) is 3. The standard InChI is InChI=1S/C14H24N2O4/c1-14(2,3)16-11(17)8-15-12(18)9-6-4-5-7-10(9)13(19)20/h9-10H,4-8H2,1-3H3,(H,15,18)(H,16,17)(H,19,20)/t9-,10+/m1/s1. The van der Waals surface area contributed by atoms with Crippen molar-refractivity contribution in [2.75, 3.05) is 6.54 Å². The zero-order chi connectivity index (χ0) is 15.3. The van der Waals surface area contributed by atoms with Crippen LogP contribution in [0.2, 0.25) is 0 Å². The molecule has 0 radical (unpaired) electrons. The van der Waals surface area contributed by atoms with E-state index in [0.29, 0.717) is 12.8 Å². The molecular weight excluding hydrogens is 260 g/mol.